The second-order valence-corrected chi connectivity index (χ2v) is 3.62. The first-order valence-corrected chi connectivity index (χ1v) is 5.29. The lowest BCUT2D eigenvalue weighted by atomic mass is 10.2. The number of rotatable bonds is 4. The number of nitrogens with zero attached hydrogens (tertiary/aromatic N) is 1. The number of H-pyrrole nitrogens is 1. The van der Waals surface area contributed by atoms with Gasteiger partial charge in [-0.1, -0.05) is 12.1 Å². The van der Waals surface area contributed by atoms with Crippen LogP contribution in [0.1, 0.15) is 11.1 Å². The Kier molecular flexibility index (Phi) is 3.49. The fraction of sp³-hybridized carbons (Fsp3) is 0.0833. The molecule has 4 N–H and O–H groups in total. The number of hydrogen-bond acceptors (Lipinski definition) is 5. The molecule has 0 spiro atoms. The number of aromatic nitrogens is 2. The SMILES string of the molecule is N=Cc1c(Nc2ccc(CO)cc2)nc[nH]c1=O. The molecule has 2 aromatic rings. The highest BCUT2D eigenvalue weighted by Crippen LogP contribution is 2.15. The standard InChI is InChI=1S/C12H12N4O2/c13-5-10-11(14-7-15-12(10)18)16-9-3-1-8(6-17)2-4-9/h1-5,7,13,17H,6H2,(H2,14,15,16,18). The molecule has 0 saturated carbocycles. The van der Waals surface area contributed by atoms with E-state index < -0.39 is 0 Å². The number of aromatic amines is 1. The molecule has 1 aromatic carbocycles. The van der Waals surface area contributed by atoms with E-state index in [0.29, 0.717) is 5.82 Å². The Morgan fingerprint density at radius 3 is 2.72 bits per heavy atom. The zero-order valence-corrected chi connectivity index (χ0v) is 9.47. The molecule has 0 unspecified atom stereocenters. The Balaban J connectivity index is 2.30. The van der Waals surface area contributed by atoms with Gasteiger partial charge in [0.15, 0.2) is 0 Å². The summed E-state index contributed by atoms with van der Waals surface area (Å²) in [5.74, 6) is 0.325. The second-order valence-electron chi connectivity index (χ2n) is 3.62. The van der Waals surface area contributed by atoms with Crippen LogP contribution in [0, 0.1) is 5.41 Å². The van der Waals surface area contributed by atoms with E-state index in [4.69, 9.17) is 10.5 Å². The molecule has 0 saturated heterocycles. The van der Waals surface area contributed by atoms with E-state index in [1.807, 2.05) is 0 Å². The summed E-state index contributed by atoms with van der Waals surface area (Å²) >= 11 is 0. The molecule has 0 aliphatic heterocycles. The van der Waals surface area contributed by atoms with Crippen LogP contribution in [0.2, 0.25) is 0 Å². The molecule has 18 heavy (non-hydrogen) atoms. The van der Waals surface area contributed by atoms with E-state index in [1.165, 1.54) is 6.33 Å². The summed E-state index contributed by atoms with van der Waals surface area (Å²) in [5.41, 5.74) is 1.33. The van der Waals surface area contributed by atoms with Crippen molar-refractivity contribution in [2.75, 3.05) is 5.32 Å². The lowest BCUT2D eigenvalue weighted by Crippen LogP contribution is -2.15. The Labute approximate surface area is 103 Å². The van der Waals surface area contributed by atoms with Crippen LogP contribution in [0.4, 0.5) is 11.5 Å². The van der Waals surface area contributed by atoms with Gasteiger partial charge in [0.05, 0.1) is 18.5 Å². The van der Waals surface area contributed by atoms with Crippen LogP contribution in [0.15, 0.2) is 35.4 Å². The first-order chi connectivity index (χ1) is 8.74. The topological polar surface area (TPSA) is 102 Å². The summed E-state index contributed by atoms with van der Waals surface area (Å²) in [7, 11) is 0. The highest BCUT2D eigenvalue weighted by Gasteiger charge is 2.05. The summed E-state index contributed by atoms with van der Waals surface area (Å²) in [6.07, 6.45) is 2.23. The van der Waals surface area contributed by atoms with Gasteiger partial charge in [-0.25, -0.2) is 4.98 Å². The number of anilines is 2. The van der Waals surface area contributed by atoms with E-state index in [1.54, 1.807) is 24.3 Å². The van der Waals surface area contributed by atoms with E-state index in [9.17, 15) is 4.79 Å². The lowest BCUT2D eigenvalue weighted by molar-refractivity contribution is 0.282. The summed E-state index contributed by atoms with van der Waals surface area (Å²) in [4.78, 5) is 17.8. The number of benzene rings is 1. The van der Waals surface area contributed by atoms with Crippen LogP contribution in [-0.4, -0.2) is 21.3 Å². The van der Waals surface area contributed by atoms with E-state index >= 15 is 0 Å². The number of nitrogens with one attached hydrogen (secondary N) is 3. The van der Waals surface area contributed by atoms with Gasteiger partial charge in [0.25, 0.3) is 5.56 Å². The van der Waals surface area contributed by atoms with Crippen LogP contribution in [0.25, 0.3) is 0 Å². The first-order valence-electron chi connectivity index (χ1n) is 5.29. The van der Waals surface area contributed by atoms with Crippen molar-refractivity contribution in [3.8, 4) is 0 Å². The van der Waals surface area contributed by atoms with Crippen LogP contribution in [0.3, 0.4) is 0 Å². The van der Waals surface area contributed by atoms with Crippen LogP contribution < -0.4 is 10.9 Å². The molecule has 6 nitrogen and oxygen atoms in total. The highest BCUT2D eigenvalue weighted by molar-refractivity contribution is 5.84. The van der Waals surface area contributed by atoms with Crippen LogP contribution in [0.5, 0.6) is 0 Å². The fourth-order valence-electron chi connectivity index (χ4n) is 1.47. The molecule has 1 aromatic heterocycles. The van der Waals surface area contributed by atoms with Gasteiger partial charge >= 0.3 is 0 Å². The second kappa shape index (κ2) is 5.24. The summed E-state index contributed by atoms with van der Waals surface area (Å²) in [6.45, 7) is -0.0186. The quantitative estimate of drug-likeness (QED) is 0.602. The van der Waals surface area contributed by atoms with Crippen molar-refractivity contribution < 1.29 is 5.11 Å². The predicted molar refractivity (Wildman–Crippen MR) is 68.4 cm³/mol. The maximum absolute atomic E-state index is 11.4. The average molecular weight is 244 g/mol. The van der Waals surface area contributed by atoms with Gasteiger partial charge in [0.1, 0.15) is 5.82 Å². The monoisotopic (exact) mass is 244 g/mol. The smallest absolute Gasteiger partial charge is 0.261 e. The Bertz CT molecular complexity index is 604. The number of aliphatic hydroxyl groups is 1. The van der Waals surface area contributed by atoms with E-state index in [2.05, 4.69) is 15.3 Å². The van der Waals surface area contributed by atoms with Gasteiger partial charge in [-0.2, -0.15) is 0 Å². The molecule has 92 valence electrons. The Morgan fingerprint density at radius 1 is 1.39 bits per heavy atom. The largest absolute Gasteiger partial charge is 0.392 e. The minimum absolute atomic E-state index is 0.0186. The molecule has 0 bridgehead atoms. The Morgan fingerprint density at radius 2 is 2.11 bits per heavy atom. The molecule has 0 aliphatic carbocycles. The third-order valence-corrected chi connectivity index (χ3v) is 2.43. The maximum atomic E-state index is 11.4. The van der Waals surface area contributed by atoms with Crippen molar-refractivity contribution in [1.82, 2.24) is 9.97 Å². The third-order valence-electron chi connectivity index (χ3n) is 2.43. The van der Waals surface area contributed by atoms with Crippen LogP contribution in [-0.2, 0) is 6.61 Å². The van der Waals surface area contributed by atoms with Gasteiger partial charge in [0, 0.05) is 11.9 Å². The lowest BCUT2D eigenvalue weighted by Gasteiger charge is -2.07. The van der Waals surface area contributed by atoms with Gasteiger partial charge in [-0.3, -0.25) is 4.79 Å². The number of aliphatic hydroxyl groups excluding tert-OH is 1. The predicted octanol–water partition coefficient (Wildman–Crippen LogP) is 1.00. The molecule has 0 amide bonds. The van der Waals surface area contributed by atoms with E-state index in [0.717, 1.165) is 17.5 Å². The van der Waals surface area contributed by atoms with Gasteiger partial charge in [-0.05, 0) is 17.7 Å². The Hall–Kier alpha value is -2.47. The minimum atomic E-state index is -0.366. The van der Waals surface area contributed by atoms with Crippen molar-refractivity contribution >= 4 is 17.7 Å². The molecule has 2 rings (SSSR count). The van der Waals surface area contributed by atoms with Gasteiger partial charge in [0.2, 0.25) is 0 Å². The van der Waals surface area contributed by atoms with Crippen molar-refractivity contribution in [1.29, 1.82) is 5.41 Å². The first kappa shape index (κ1) is 12.0. The summed E-state index contributed by atoms with van der Waals surface area (Å²) in [6, 6.07) is 7.06. The molecule has 0 aliphatic rings. The summed E-state index contributed by atoms with van der Waals surface area (Å²) < 4.78 is 0. The van der Waals surface area contributed by atoms with Crippen molar-refractivity contribution in [2.45, 2.75) is 6.61 Å². The zero-order valence-electron chi connectivity index (χ0n) is 9.47. The number of hydrogen-bond donors (Lipinski definition) is 4. The normalized spacial score (nSPS) is 10.1. The van der Waals surface area contributed by atoms with Gasteiger partial charge in [-0.15, -0.1) is 0 Å². The maximum Gasteiger partial charge on any atom is 0.261 e. The minimum Gasteiger partial charge on any atom is -0.392 e. The average Bonchev–Trinajstić information content (AvgIpc) is 2.40. The molecular weight excluding hydrogens is 232 g/mol. The van der Waals surface area contributed by atoms with E-state index in [-0.39, 0.29) is 17.7 Å². The molecule has 0 radical (unpaired) electrons. The molecule has 0 atom stereocenters. The zero-order chi connectivity index (χ0) is 13.0. The van der Waals surface area contributed by atoms with Crippen molar-refractivity contribution in [2.24, 2.45) is 0 Å². The fourth-order valence-corrected chi connectivity index (χ4v) is 1.47. The highest BCUT2D eigenvalue weighted by atomic mass is 16.3. The third kappa shape index (κ3) is 2.44. The molecule has 1 heterocycles. The molecule has 6 heteroatoms. The van der Waals surface area contributed by atoms with Crippen molar-refractivity contribution in [3.05, 3.63) is 52.1 Å². The van der Waals surface area contributed by atoms with Gasteiger partial charge < -0.3 is 20.8 Å². The molecule has 0 fully saturated rings. The van der Waals surface area contributed by atoms with Crippen LogP contribution >= 0.6 is 0 Å². The summed E-state index contributed by atoms with van der Waals surface area (Å²) in [5, 5.41) is 19.1. The molecular formula is C12H12N4O2. The van der Waals surface area contributed by atoms with Crippen molar-refractivity contribution in [3.63, 3.8) is 0 Å².